The van der Waals surface area contributed by atoms with Gasteiger partial charge in [0, 0.05) is 45.7 Å². The average molecular weight is 437 g/mol. The number of benzene rings is 1. The summed E-state index contributed by atoms with van der Waals surface area (Å²) in [4.78, 5) is 47.1. The molecule has 1 aliphatic rings. The number of piperidine rings is 1. The number of hydrogen-bond donors (Lipinski definition) is 1. The molecule has 2 amide bonds. The van der Waals surface area contributed by atoms with Crippen LogP contribution in [0.5, 0.6) is 0 Å². The van der Waals surface area contributed by atoms with Gasteiger partial charge in [0.05, 0.1) is 22.3 Å². The summed E-state index contributed by atoms with van der Waals surface area (Å²) in [5.74, 6) is 0.259. The van der Waals surface area contributed by atoms with Crippen molar-refractivity contribution in [1.29, 1.82) is 0 Å². The first kappa shape index (κ1) is 21.7. The van der Waals surface area contributed by atoms with E-state index in [2.05, 4.69) is 9.97 Å². The summed E-state index contributed by atoms with van der Waals surface area (Å²) in [5.41, 5.74) is 8.95. The summed E-state index contributed by atoms with van der Waals surface area (Å²) in [6, 6.07) is 5.90. The Morgan fingerprint density at radius 3 is 2.66 bits per heavy atom. The largest absolute Gasteiger partial charge is 0.365 e. The SMILES string of the molecule is Cc1nc(C2CCCN(C(=O)CCc3ccc4c(c3)n(C)c(=O)n4C)C2)ncc1C(N)=O. The number of primary amides is 1. The predicted molar refractivity (Wildman–Crippen MR) is 120 cm³/mol. The number of aromatic nitrogens is 4. The highest BCUT2D eigenvalue weighted by molar-refractivity contribution is 5.93. The molecule has 1 fully saturated rings. The average Bonchev–Trinajstić information content (AvgIpc) is 3.00. The van der Waals surface area contributed by atoms with Gasteiger partial charge in [0.1, 0.15) is 5.82 Å². The quantitative estimate of drug-likeness (QED) is 0.649. The second-order valence-corrected chi connectivity index (χ2v) is 8.49. The molecule has 3 heterocycles. The lowest BCUT2D eigenvalue weighted by molar-refractivity contribution is -0.132. The van der Waals surface area contributed by atoms with E-state index in [1.54, 1.807) is 30.2 Å². The van der Waals surface area contributed by atoms with Crippen LogP contribution < -0.4 is 11.4 Å². The molecule has 3 aromatic rings. The van der Waals surface area contributed by atoms with E-state index in [0.717, 1.165) is 36.0 Å². The summed E-state index contributed by atoms with van der Waals surface area (Å²) < 4.78 is 3.25. The second-order valence-electron chi connectivity index (χ2n) is 8.49. The van der Waals surface area contributed by atoms with E-state index in [1.165, 1.54) is 6.20 Å². The van der Waals surface area contributed by atoms with Gasteiger partial charge >= 0.3 is 5.69 Å². The maximum absolute atomic E-state index is 12.9. The molecule has 1 saturated heterocycles. The normalized spacial score (nSPS) is 16.5. The highest BCUT2D eigenvalue weighted by atomic mass is 16.2. The van der Waals surface area contributed by atoms with Gasteiger partial charge in [-0.3, -0.25) is 18.7 Å². The third kappa shape index (κ3) is 4.02. The number of likely N-dealkylation sites (tertiary alicyclic amines) is 1. The first-order chi connectivity index (χ1) is 15.3. The van der Waals surface area contributed by atoms with Gasteiger partial charge in [-0.2, -0.15) is 0 Å². The monoisotopic (exact) mass is 436 g/mol. The van der Waals surface area contributed by atoms with Gasteiger partial charge in [0.15, 0.2) is 0 Å². The molecule has 1 atom stereocenters. The van der Waals surface area contributed by atoms with E-state index < -0.39 is 5.91 Å². The first-order valence-electron chi connectivity index (χ1n) is 10.8. The van der Waals surface area contributed by atoms with Crippen molar-refractivity contribution < 1.29 is 9.59 Å². The maximum atomic E-state index is 12.9. The Morgan fingerprint density at radius 2 is 1.94 bits per heavy atom. The maximum Gasteiger partial charge on any atom is 0.328 e. The lowest BCUT2D eigenvalue weighted by Crippen LogP contribution is -2.39. The number of carbonyl (C=O) groups is 2. The van der Waals surface area contributed by atoms with Crippen LogP contribution in [0.1, 0.15) is 52.6 Å². The first-order valence-corrected chi connectivity index (χ1v) is 10.8. The van der Waals surface area contributed by atoms with Gasteiger partial charge in [0.2, 0.25) is 5.91 Å². The Bertz CT molecular complexity index is 1260. The fourth-order valence-electron chi connectivity index (χ4n) is 4.46. The number of amides is 2. The fourth-order valence-corrected chi connectivity index (χ4v) is 4.46. The van der Waals surface area contributed by atoms with Crippen LogP contribution >= 0.6 is 0 Å². The van der Waals surface area contributed by atoms with Crippen LogP contribution in [-0.4, -0.2) is 48.9 Å². The highest BCUT2D eigenvalue weighted by Crippen LogP contribution is 2.26. The Labute approximate surface area is 185 Å². The summed E-state index contributed by atoms with van der Waals surface area (Å²) in [5, 5.41) is 0. The van der Waals surface area contributed by atoms with Gasteiger partial charge in [-0.05, 0) is 43.9 Å². The Hall–Kier alpha value is -3.49. The van der Waals surface area contributed by atoms with E-state index in [4.69, 9.17) is 5.73 Å². The topological polar surface area (TPSA) is 116 Å². The van der Waals surface area contributed by atoms with Gasteiger partial charge in [0.25, 0.3) is 5.91 Å². The van der Waals surface area contributed by atoms with Gasteiger partial charge in [-0.25, -0.2) is 14.8 Å². The fraction of sp³-hybridized carbons (Fsp3) is 0.435. The lowest BCUT2D eigenvalue weighted by atomic mass is 9.96. The van der Waals surface area contributed by atoms with E-state index >= 15 is 0 Å². The third-order valence-electron chi connectivity index (χ3n) is 6.37. The molecule has 2 aromatic heterocycles. The van der Waals surface area contributed by atoms with Gasteiger partial charge in [-0.1, -0.05) is 6.07 Å². The molecular weight excluding hydrogens is 408 g/mol. The Kier molecular flexibility index (Phi) is 5.82. The third-order valence-corrected chi connectivity index (χ3v) is 6.37. The van der Waals surface area contributed by atoms with Crippen LogP contribution in [0.3, 0.4) is 0 Å². The number of aryl methyl sites for hydroxylation is 4. The molecule has 1 aromatic carbocycles. The molecule has 0 aliphatic carbocycles. The molecule has 168 valence electrons. The summed E-state index contributed by atoms with van der Waals surface area (Å²) in [6.45, 7) is 3.04. The molecule has 4 rings (SSSR count). The van der Waals surface area contributed by atoms with Gasteiger partial charge < -0.3 is 10.6 Å². The number of hydrogen-bond acceptors (Lipinski definition) is 5. The minimum absolute atomic E-state index is 0.0449. The van der Waals surface area contributed by atoms with Crippen LogP contribution in [0.2, 0.25) is 0 Å². The molecule has 0 bridgehead atoms. The number of nitrogens with zero attached hydrogens (tertiary/aromatic N) is 5. The Morgan fingerprint density at radius 1 is 1.19 bits per heavy atom. The summed E-state index contributed by atoms with van der Waals surface area (Å²) in [6.07, 6.45) is 4.28. The van der Waals surface area contributed by atoms with E-state index in [1.807, 2.05) is 23.1 Å². The standard InChI is InChI=1S/C23H28N6O3/c1-14-17(21(24)31)12-25-22(26-14)16-5-4-10-29(13-16)20(30)9-7-15-6-8-18-19(11-15)28(3)23(32)27(18)2/h6,8,11-12,16H,4-5,7,9-10,13H2,1-3H3,(H2,24,31). The zero-order chi connectivity index (χ0) is 23.0. The number of fused-ring (bicyclic) bond motifs is 1. The minimum Gasteiger partial charge on any atom is -0.365 e. The molecule has 0 saturated carbocycles. The van der Waals surface area contributed by atoms with Crippen LogP contribution in [0.15, 0.2) is 29.2 Å². The molecule has 1 aliphatic heterocycles. The van der Waals surface area contributed by atoms with Crippen LogP contribution in [0.25, 0.3) is 11.0 Å². The van der Waals surface area contributed by atoms with Crippen molar-refractivity contribution in [3.63, 3.8) is 0 Å². The molecule has 0 radical (unpaired) electrons. The molecule has 9 nitrogen and oxygen atoms in total. The summed E-state index contributed by atoms with van der Waals surface area (Å²) in [7, 11) is 3.51. The Balaban J connectivity index is 1.42. The highest BCUT2D eigenvalue weighted by Gasteiger charge is 2.27. The van der Waals surface area contributed by atoms with E-state index in [9.17, 15) is 14.4 Å². The summed E-state index contributed by atoms with van der Waals surface area (Å²) >= 11 is 0. The molecule has 32 heavy (non-hydrogen) atoms. The molecule has 0 spiro atoms. The molecule has 1 unspecified atom stereocenters. The molecular formula is C23H28N6O3. The molecule has 2 N–H and O–H groups in total. The number of carbonyl (C=O) groups excluding carboxylic acids is 2. The predicted octanol–water partition coefficient (Wildman–Crippen LogP) is 1.41. The molecule has 9 heteroatoms. The zero-order valence-electron chi connectivity index (χ0n) is 18.7. The van der Waals surface area contributed by atoms with Gasteiger partial charge in [-0.15, -0.1) is 0 Å². The number of imidazole rings is 1. The van der Waals surface area contributed by atoms with Crippen LogP contribution in [-0.2, 0) is 25.3 Å². The van der Waals surface area contributed by atoms with Crippen molar-refractivity contribution in [2.45, 2.75) is 38.5 Å². The van der Waals surface area contributed by atoms with Crippen LogP contribution in [0.4, 0.5) is 0 Å². The zero-order valence-corrected chi connectivity index (χ0v) is 18.7. The second kappa shape index (κ2) is 8.57. The van der Waals surface area contributed by atoms with Crippen LogP contribution in [0, 0.1) is 6.92 Å². The van der Waals surface area contributed by atoms with E-state index in [-0.39, 0.29) is 17.5 Å². The number of rotatable bonds is 5. The smallest absolute Gasteiger partial charge is 0.328 e. The van der Waals surface area contributed by atoms with Crippen molar-refractivity contribution in [1.82, 2.24) is 24.0 Å². The lowest BCUT2D eigenvalue weighted by Gasteiger charge is -2.32. The van der Waals surface area contributed by atoms with Crippen molar-refractivity contribution in [2.75, 3.05) is 13.1 Å². The van der Waals surface area contributed by atoms with E-state index in [0.29, 0.717) is 36.5 Å². The number of nitrogens with two attached hydrogens (primary N) is 1. The van der Waals surface area contributed by atoms with Crippen molar-refractivity contribution in [2.24, 2.45) is 19.8 Å². The van der Waals surface area contributed by atoms with Crippen molar-refractivity contribution in [3.05, 3.63) is 57.5 Å². The minimum atomic E-state index is -0.539. The van der Waals surface area contributed by atoms with Crippen molar-refractivity contribution >= 4 is 22.8 Å². The van der Waals surface area contributed by atoms with Crippen molar-refractivity contribution in [3.8, 4) is 0 Å².